The third-order valence-electron chi connectivity index (χ3n) is 2.48. The minimum atomic E-state index is 0.0839. The summed E-state index contributed by atoms with van der Waals surface area (Å²) >= 11 is 0. The monoisotopic (exact) mass is 257 g/mol. The number of carbonyl (C=O) groups is 2. The predicted octanol–water partition coefficient (Wildman–Crippen LogP) is 0.607. The van der Waals surface area contributed by atoms with E-state index in [1.807, 2.05) is 0 Å². The van der Waals surface area contributed by atoms with Crippen LogP contribution in [0.1, 0.15) is 33.1 Å². The highest BCUT2D eigenvalue weighted by Gasteiger charge is 2.03. The van der Waals surface area contributed by atoms with Crippen molar-refractivity contribution >= 4 is 11.8 Å². The zero-order valence-electron chi connectivity index (χ0n) is 12.1. The van der Waals surface area contributed by atoms with Crippen LogP contribution in [-0.4, -0.2) is 50.4 Å². The number of carbonyl (C=O) groups excluding carboxylic acids is 2. The van der Waals surface area contributed by atoms with E-state index in [1.165, 1.54) is 0 Å². The van der Waals surface area contributed by atoms with Gasteiger partial charge < -0.3 is 15.5 Å². The van der Waals surface area contributed by atoms with Crippen LogP contribution in [-0.2, 0) is 9.59 Å². The quantitative estimate of drug-likeness (QED) is 0.595. The van der Waals surface area contributed by atoms with Gasteiger partial charge in [-0.2, -0.15) is 0 Å². The van der Waals surface area contributed by atoms with Crippen LogP contribution in [0.25, 0.3) is 0 Å². The molecule has 0 aliphatic rings. The van der Waals surface area contributed by atoms with Crippen LogP contribution in [0.15, 0.2) is 0 Å². The van der Waals surface area contributed by atoms with Gasteiger partial charge in [0.25, 0.3) is 0 Å². The summed E-state index contributed by atoms with van der Waals surface area (Å²) < 4.78 is 0. The Balaban J connectivity index is 3.35. The summed E-state index contributed by atoms with van der Waals surface area (Å²) in [6.07, 6.45) is 1.86. The molecule has 0 rings (SSSR count). The van der Waals surface area contributed by atoms with Gasteiger partial charge in [0.15, 0.2) is 0 Å². The molecule has 2 amide bonds. The maximum Gasteiger partial charge on any atom is 0.222 e. The maximum atomic E-state index is 11.4. The molecule has 5 heteroatoms. The van der Waals surface area contributed by atoms with Crippen LogP contribution in [0.4, 0.5) is 0 Å². The first-order valence-electron chi connectivity index (χ1n) is 6.61. The van der Waals surface area contributed by atoms with E-state index in [-0.39, 0.29) is 11.8 Å². The standard InChI is InChI=1S/C13H27N3O2/c1-11(2)10-15-12(17)7-9-14-8-5-6-13(18)16(3)4/h11,14H,5-10H2,1-4H3,(H,15,17). The van der Waals surface area contributed by atoms with E-state index in [4.69, 9.17) is 0 Å². The fraction of sp³-hybridized carbons (Fsp3) is 0.846. The molecular formula is C13H27N3O2. The van der Waals surface area contributed by atoms with Crippen molar-refractivity contribution in [3.8, 4) is 0 Å². The summed E-state index contributed by atoms with van der Waals surface area (Å²) in [7, 11) is 3.52. The van der Waals surface area contributed by atoms with Gasteiger partial charge in [-0.25, -0.2) is 0 Å². The molecule has 0 saturated carbocycles. The Morgan fingerprint density at radius 1 is 1.11 bits per heavy atom. The van der Waals surface area contributed by atoms with Gasteiger partial charge in [0.2, 0.25) is 11.8 Å². The van der Waals surface area contributed by atoms with Gasteiger partial charge in [-0.15, -0.1) is 0 Å². The van der Waals surface area contributed by atoms with E-state index in [0.29, 0.717) is 25.3 Å². The second-order valence-electron chi connectivity index (χ2n) is 5.09. The number of amides is 2. The van der Waals surface area contributed by atoms with Gasteiger partial charge in [-0.1, -0.05) is 13.8 Å². The van der Waals surface area contributed by atoms with Crippen molar-refractivity contribution < 1.29 is 9.59 Å². The van der Waals surface area contributed by atoms with Crippen LogP contribution in [0, 0.1) is 5.92 Å². The fourth-order valence-electron chi connectivity index (χ4n) is 1.32. The molecule has 0 spiro atoms. The highest BCUT2D eigenvalue weighted by Crippen LogP contribution is 1.92. The predicted molar refractivity (Wildman–Crippen MR) is 73.3 cm³/mol. The lowest BCUT2D eigenvalue weighted by atomic mass is 10.2. The summed E-state index contributed by atoms with van der Waals surface area (Å²) in [4.78, 5) is 24.2. The first kappa shape index (κ1) is 16.9. The largest absolute Gasteiger partial charge is 0.356 e. The van der Waals surface area contributed by atoms with Gasteiger partial charge in [-0.05, 0) is 18.9 Å². The van der Waals surface area contributed by atoms with Gasteiger partial charge in [-0.3, -0.25) is 9.59 Å². The summed E-state index contributed by atoms with van der Waals surface area (Å²) in [5, 5.41) is 6.03. The Morgan fingerprint density at radius 3 is 2.33 bits per heavy atom. The Labute approximate surface area is 110 Å². The third kappa shape index (κ3) is 10.1. The Morgan fingerprint density at radius 2 is 1.78 bits per heavy atom. The highest BCUT2D eigenvalue weighted by molar-refractivity contribution is 5.76. The van der Waals surface area contributed by atoms with Gasteiger partial charge in [0.1, 0.15) is 0 Å². The smallest absolute Gasteiger partial charge is 0.222 e. The summed E-state index contributed by atoms with van der Waals surface area (Å²) in [5.41, 5.74) is 0. The minimum Gasteiger partial charge on any atom is -0.356 e. The van der Waals surface area contributed by atoms with E-state index in [0.717, 1.165) is 19.5 Å². The molecule has 0 aromatic carbocycles. The third-order valence-corrected chi connectivity index (χ3v) is 2.48. The van der Waals surface area contributed by atoms with Crippen molar-refractivity contribution in [3.63, 3.8) is 0 Å². The molecule has 5 nitrogen and oxygen atoms in total. The molecule has 106 valence electrons. The number of nitrogens with one attached hydrogen (secondary N) is 2. The molecule has 0 bridgehead atoms. The molecule has 2 N–H and O–H groups in total. The first-order chi connectivity index (χ1) is 8.43. The maximum absolute atomic E-state index is 11.4. The number of nitrogens with zero attached hydrogens (tertiary/aromatic N) is 1. The zero-order valence-corrected chi connectivity index (χ0v) is 12.1. The minimum absolute atomic E-state index is 0.0839. The molecule has 0 unspecified atom stereocenters. The van der Waals surface area contributed by atoms with E-state index < -0.39 is 0 Å². The van der Waals surface area contributed by atoms with E-state index >= 15 is 0 Å². The van der Waals surface area contributed by atoms with Crippen molar-refractivity contribution in [1.82, 2.24) is 15.5 Å². The normalized spacial score (nSPS) is 10.5. The van der Waals surface area contributed by atoms with Crippen molar-refractivity contribution in [1.29, 1.82) is 0 Å². The Bertz CT molecular complexity index is 253. The molecule has 0 radical (unpaired) electrons. The SMILES string of the molecule is CC(C)CNC(=O)CCNCCCC(=O)N(C)C. The van der Waals surface area contributed by atoms with Crippen LogP contribution < -0.4 is 10.6 Å². The molecule has 0 atom stereocenters. The lowest BCUT2D eigenvalue weighted by Crippen LogP contribution is -2.30. The summed E-state index contributed by atoms with van der Waals surface area (Å²) in [5.74, 6) is 0.714. The summed E-state index contributed by atoms with van der Waals surface area (Å²) in [6.45, 7) is 6.31. The topological polar surface area (TPSA) is 61.4 Å². The Hall–Kier alpha value is -1.10. The molecule has 0 aromatic rings. The number of rotatable bonds is 9. The van der Waals surface area contributed by atoms with E-state index in [1.54, 1.807) is 19.0 Å². The second-order valence-corrected chi connectivity index (χ2v) is 5.09. The van der Waals surface area contributed by atoms with E-state index in [2.05, 4.69) is 24.5 Å². The molecule has 0 aliphatic heterocycles. The van der Waals surface area contributed by atoms with Crippen LogP contribution in [0.5, 0.6) is 0 Å². The highest BCUT2D eigenvalue weighted by atomic mass is 16.2. The average molecular weight is 257 g/mol. The summed E-state index contributed by atoms with van der Waals surface area (Å²) in [6, 6.07) is 0. The van der Waals surface area contributed by atoms with Gasteiger partial charge in [0.05, 0.1) is 0 Å². The van der Waals surface area contributed by atoms with Crippen molar-refractivity contribution in [3.05, 3.63) is 0 Å². The molecule has 0 aromatic heterocycles. The first-order valence-corrected chi connectivity index (χ1v) is 6.61. The Kier molecular flexibility index (Phi) is 9.28. The second kappa shape index (κ2) is 9.88. The number of hydrogen-bond acceptors (Lipinski definition) is 3. The average Bonchev–Trinajstić information content (AvgIpc) is 2.30. The van der Waals surface area contributed by atoms with Crippen molar-refractivity contribution in [2.45, 2.75) is 33.1 Å². The molecular weight excluding hydrogens is 230 g/mol. The molecule has 18 heavy (non-hydrogen) atoms. The van der Waals surface area contributed by atoms with Gasteiger partial charge in [0, 0.05) is 40.0 Å². The molecule has 0 saturated heterocycles. The molecule has 0 aliphatic carbocycles. The molecule has 0 heterocycles. The number of hydrogen-bond donors (Lipinski definition) is 2. The lowest BCUT2D eigenvalue weighted by molar-refractivity contribution is -0.128. The van der Waals surface area contributed by atoms with Crippen molar-refractivity contribution in [2.75, 3.05) is 33.7 Å². The van der Waals surface area contributed by atoms with Crippen molar-refractivity contribution in [2.24, 2.45) is 5.92 Å². The van der Waals surface area contributed by atoms with Gasteiger partial charge >= 0.3 is 0 Å². The van der Waals surface area contributed by atoms with Crippen LogP contribution >= 0.6 is 0 Å². The van der Waals surface area contributed by atoms with Crippen LogP contribution in [0.2, 0.25) is 0 Å². The molecule has 0 fully saturated rings. The lowest BCUT2D eigenvalue weighted by Gasteiger charge is -2.10. The van der Waals surface area contributed by atoms with Crippen LogP contribution in [0.3, 0.4) is 0 Å². The fourth-order valence-corrected chi connectivity index (χ4v) is 1.32. The zero-order chi connectivity index (χ0) is 14.0. The van der Waals surface area contributed by atoms with E-state index in [9.17, 15) is 9.59 Å².